The van der Waals surface area contributed by atoms with Gasteiger partial charge in [-0.3, -0.25) is 4.79 Å². The molecule has 0 radical (unpaired) electrons. The van der Waals surface area contributed by atoms with E-state index in [4.69, 9.17) is 11.6 Å². The van der Waals surface area contributed by atoms with Crippen LogP contribution in [0, 0.1) is 5.82 Å². The molecule has 8 heteroatoms. The highest BCUT2D eigenvalue weighted by Gasteiger charge is 2.26. The van der Waals surface area contributed by atoms with E-state index in [2.05, 4.69) is 5.32 Å². The second kappa shape index (κ2) is 8.37. The fourth-order valence-corrected chi connectivity index (χ4v) is 4.76. The molecule has 144 valence electrons. The van der Waals surface area contributed by atoms with Gasteiger partial charge in [0, 0.05) is 18.7 Å². The van der Waals surface area contributed by atoms with Crippen molar-refractivity contribution >= 4 is 33.2 Å². The van der Waals surface area contributed by atoms with Crippen molar-refractivity contribution in [2.75, 3.05) is 18.4 Å². The van der Waals surface area contributed by atoms with Crippen LogP contribution < -0.4 is 5.32 Å². The van der Waals surface area contributed by atoms with E-state index in [0.717, 1.165) is 25.7 Å². The number of hydrogen-bond donors (Lipinski definition) is 1. The Bertz CT molecular complexity index is 942. The fourth-order valence-electron chi connectivity index (χ4n) is 3.02. The van der Waals surface area contributed by atoms with Crippen LogP contribution in [0.2, 0.25) is 5.02 Å². The summed E-state index contributed by atoms with van der Waals surface area (Å²) in [5.41, 5.74) is 0.0681. The third kappa shape index (κ3) is 4.48. The van der Waals surface area contributed by atoms with Gasteiger partial charge in [-0.25, -0.2) is 12.8 Å². The predicted octanol–water partition coefficient (Wildman–Crippen LogP) is 4.30. The highest BCUT2D eigenvalue weighted by Crippen LogP contribution is 2.24. The highest BCUT2D eigenvalue weighted by molar-refractivity contribution is 7.89. The maximum absolute atomic E-state index is 14.0. The molecule has 0 unspecified atom stereocenters. The van der Waals surface area contributed by atoms with E-state index >= 15 is 0 Å². The Hall–Kier alpha value is -1.96. The van der Waals surface area contributed by atoms with Crippen LogP contribution in [0.25, 0.3) is 0 Å². The smallest absolute Gasteiger partial charge is 0.255 e. The Morgan fingerprint density at radius 2 is 1.70 bits per heavy atom. The zero-order valence-electron chi connectivity index (χ0n) is 14.6. The maximum atomic E-state index is 14.0. The van der Waals surface area contributed by atoms with Crippen molar-refractivity contribution < 1.29 is 17.6 Å². The van der Waals surface area contributed by atoms with E-state index in [1.54, 1.807) is 0 Å². The number of carbonyl (C=O) groups excluding carboxylic acids is 1. The summed E-state index contributed by atoms with van der Waals surface area (Å²) in [6.07, 6.45) is 3.68. The number of rotatable bonds is 4. The number of sulfonamides is 1. The summed E-state index contributed by atoms with van der Waals surface area (Å²) >= 11 is 5.72. The second-order valence-corrected chi connectivity index (χ2v) is 8.75. The second-order valence-electron chi connectivity index (χ2n) is 6.40. The molecule has 0 aliphatic carbocycles. The normalized spacial score (nSPS) is 15.9. The molecular formula is C19H20ClFN2O3S. The summed E-state index contributed by atoms with van der Waals surface area (Å²) in [6, 6.07) is 10.1. The molecule has 27 heavy (non-hydrogen) atoms. The van der Waals surface area contributed by atoms with Gasteiger partial charge in [-0.1, -0.05) is 36.6 Å². The Kier molecular flexibility index (Phi) is 6.14. The predicted molar refractivity (Wildman–Crippen MR) is 103 cm³/mol. The van der Waals surface area contributed by atoms with Crippen LogP contribution in [0.1, 0.15) is 36.0 Å². The van der Waals surface area contributed by atoms with Gasteiger partial charge in [-0.15, -0.1) is 0 Å². The molecule has 1 N–H and O–H groups in total. The molecule has 1 aliphatic heterocycles. The molecule has 2 aromatic carbocycles. The summed E-state index contributed by atoms with van der Waals surface area (Å²) < 4.78 is 41.2. The topological polar surface area (TPSA) is 66.5 Å². The minimum atomic E-state index is -3.67. The van der Waals surface area contributed by atoms with E-state index in [1.807, 2.05) is 0 Å². The van der Waals surface area contributed by atoms with Crippen LogP contribution in [-0.2, 0) is 10.0 Å². The van der Waals surface area contributed by atoms with Gasteiger partial charge >= 0.3 is 0 Å². The quantitative estimate of drug-likeness (QED) is 0.817. The molecule has 0 saturated carbocycles. The van der Waals surface area contributed by atoms with E-state index in [-0.39, 0.29) is 21.2 Å². The van der Waals surface area contributed by atoms with Gasteiger partial charge < -0.3 is 5.32 Å². The minimum absolute atomic E-state index is 0.0589. The molecule has 1 aliphatic rings. The number of nitrogens with zero attached hydrogens (tertiary/aromatic N) is 1. The monoisotopic (exact) mass is 410 g/mol. The number of hydrogen-bond acceptors (Lipinski definition) is 3. The van der Waals surface area contributed by atoms with Gasteiger partial charge in [-0.2, -0.15) is 4.31 Å². The van der Waals surface area contributed by atoms with Crippen molar-refractivity contribution in [3.05, 3.63) is 58.9 Å². The number of benzene rings is 2. The summed E-state index contributed by atoms with van der Waals surface area (Å²) in [5, 5.41) is 2.32. The lowest BCUT2D eigenvalue weighted by Gasteiger charge is -2.20. The lowest BCUT2D eigenvalue weighted by molar-refractivity contribution is 0.102. The molecule has 3 rings (SSSR count). The van der Waals surface area contributed by atoms with Crippen molar-refractivity contribution in [1.82, 2.24) is 4.31 Å². The summed E-state index contributed by atoms with van der Waals surface area (Å²) in [4.78, 5) is 12.5. The molecule has 0 spiro atoms. The van der Waals surface area contributed by atoms with Crippen molar-refractivity contribution in [3.63, 3.8) is 0 Å². The third-order valence-corrected chi connectivity index (χ3v) is 6.69. The first-order chi connectivity index (χ1) is 12.9. The molecule has 2 aromatic rings. The van der Waals surface area contributed by atoms with Crippen molar-refractivity contribution in [2.45, 2.75) is 30.6 Å². The Morgan fingerprint density at radius 1 is 1.04 bits per heavy atom. The zero-order valence-corrected chi connectivity index (χ0v) is 16.2. The van der Waals surface area contributed by atoms with Crippen molar-refractivity contribution in [1.29, 1.82) is 0 Å². The first kappa shape index (κ1) is 19.8. The average molecular weight is 411 g/mol. The van der Waals surface area contributed by atoms with Gasteiger partial charge in [0.05, 0.1) is 15.6 Å². The van der Waals surface area contributed by atoms with Gasteiger partial charge in [-0.05, 0) is 43.2 Å². The Balaban J connectivity index is 1.84. The van der Waals surface area contributed by atoms with Crippen LogP contribution in [0.15, 0.2) is 47.4 Å². The lowest BCUT2D eigenvalue weighted by atomic mass is 10.2. The van der Waals surface area contributed by atoms with E-state index in [9.17, 15) is 17.6 Å². The van der Waals surface area contributed by atoms with Gasteiger partial charge in [0.2, 0.25) is 10.0 Å². The van der Waals surface area contributed by atoms with Crippen LogP contribution in [0.5, 0.6) is 0 Å². The standard InChI is InChI=1S/C19H20ClFN2O3S/c20-16-9-6-10-17(18(16)21)22-19(24)14-7-5-8-15(13-14)27(25,26)23-11-3-1-2-4-12-23/h5-10,13H,1-4,11-12H2,(H,22,24). The SMILES string of the molecule is O=C(Nc1cccc(Cl)c1F)c1cccc(S(=O)(=O)N2CCCCCC2)c1. The van der Waals surface area contributed by atoms with Gasteiger partial charge in [0.1, 0.15) is 0 Å². The maximum Gasteiger partial charge on any atom is 0.255 e. The first-order valence-electron chi connectivity index (χ1n) is 8.75. The number of halogens is 2. The van der Waals surface area contributed by atoms with Gasteiger partial charge in [0.15, 0.2) is 5.82 Å². The Labute approximate surface area is 163 Å². The Morgan fingerprint density at radius 3 is 2.41 bits per heavy atom. The molecule has 1 saturated heterocycles. The number of nitrogens with one attached hydrogen (secondary N) is 1. The molecule has 0 atom stereocenters. The van der Waals surface area contributed by atoms with Crippen LogP contribution in [-0.4, -0.2) is 31.7 Å². The molecule has 0 bridgehead atoms. The van der Waals surface area contributed by atoms with E-state index in [1.165, 1.54) is 46.8 Å². The largest absolute Gasteiger partial charge is 0.319 e. The molecule has 1 fully saturated rings. The fraction of sp³-hybridized carbons (Fsp3) is 0.316. The first-order valence-corrected chi connectivity index (χ1v) is 10.6. The van der Waals surface area contributed by atoms with Crippen LogP contribution in [0.3, 0.4) is 0 Å². The minimum Gasteiger partial charge on any atom is -0.319 e. The number of carbonyl (C=O) groups is 1. The average Bonchev–Trinajstić information content (AvgIpc) is 2.95. The molecule has 5 nitrogen and oxygen atoms in total. The lowest BCUT2D eigenvalue weighted by Crippen LogP contribution is -2.32. The number of amides is 1. The molecule has 0 aromatic heterocycles. The van der Waals surface area contributed by atoms with Gasteiger partial charge in [0.25, 0.3) is 5.91 Å². The molecule has 1 amide bonds. The number of anilines is 1. The van der Waals surface area contributed by atoms with Crippen molar-refractivity contribution in [2.24, 2.45) is 0 Å². The summed E-state index contributed by atoms with van der Waals surface area (Å²) in [5.74, 6) is -1.34. The van der Waals surface area contributed by atoms with E-state index < -0.39 is 21.7 Å². The van der Waals surface area contributed by atoms with Crippen LogP contribution >= 0.6 is 11.6 Å². The summed E-state index contributed by atoms with van der Waals surface area (Å²) in [6.45, 7) is 0.957. The molecule has 1 heterocycles. The van der Waals surface area contributed by atoms with Crippen molar-refractivity contribution in [3.8, 4) is 0 Å². The molecular weight excluding hydrogens is 391 g/mol. The van der Waals surface area contributed by atoms with Crippen LogP contribution in [0.4, 0.5) is 10.1 Å². The third-order valence-electron chi connectivity index (χ3n) is 4.50. The highest BCUT2D eigenvalue weighted by atomic mass is 35.5. The zero-order chi connectivity index (χ0) is 19.4. The summed E-state index contributed by atoms with van der Waals surface area (Å²) in [7, 11) is -3.67. The van der Waals surface area contributed by atoms with E-state index in [0.29, 0.717) is 13.1 Å².